The molecule has 0 rings (SSSR count). The first-order valence-electron chi connectivity index (χ1n) is 25.7. The summed E-state index contributed by atoms with van der Waals surface area (Å²) in [4.78, 5) is 22.6. The van der Waals surface area contributed by atoms with Crippen LogP contribution in [0.4, 0.5) is 0 Å². The third kappa shape index (κ3) is 50.7. The van der Waals surface area contributed by atoms with Gasteiger partial charge in [-0.3, -0.25) is 9.59 Å². The van der Waals surface area contributed by atoms with E-state index in [0.29, 0.717) is 19.4 Å². The van der Waals surface area contributed by atoms with Gasteiger partial charge in [-0.15, -0.1) is 0 Å². The molecule has 1 N–H and O–H groups in total. The molecule has 0 unspecified atom stereocenters. The van der Waals surface area contributed by atoms with E-state index in [9.17, 15) is 9.59 Å². The van der Waals surface area contributed by atoms with Gasteiger partial charge in [0.15, 0.2) is 0 Å². The van der Waals surface area contributed by atoms with Crippen molar-refractivity contribution in [3.05, 3.63) is 12.2 Å². The van der Waals surface area contributed by atoms with Crippen molar-refractivity contribution in [3.63, 3.8) is 0 Å². The first kappa shape index (κ1) is 54.7. The SMILES string of the molecule is CCCCCCCCC=CCCCCCCCCCCCCCC(=O)OCCCCCCCCCCCCCCCCCCCCCCCCCCCC(=O)O. The van der Waals surface area contributed by atoms with E-state index in [1.54, 1.807) is 0 Å². The second-order valence-corrected chi connectivity index (χ2v) is 17.7. The number of aliphatic carboxylic acids is 1. The summed E-state index contributed by atoms with van der Waals surface area (Å²) in [6.07, 6.45) is 64.3. The van der Waals surface area contributed by atoms with Gasteiger partial charge in [0.05, 0.1) is 6.61 Å². The van der Waals surface area contributed by atoms with E-state index in [2.05, 4.69) is 19.1 Å². The molecule has 0 spiro atoms. The van der Waals surface area contributed by atoms with E-state index < -0.39 is 5.97 Å². The Morgan fingerprint density at radius 3 is 0.893 bits per heavy atom. The quantitative estimate of drug-likeness (QED) is 0.0379. The molecule has 0 fully saturated rings. The molecule has 0 bridgehead atoms. The highest BCUT2D eigenvalue weighted by Gasteiger charge is 2.03. The molecule has 0 aliphatic heterocycles. The molecule has 0 saturated carbocycles. The maximum absolute atomic E-state index is 12.1. The van der Waals surface area contributed by atoms with Gasteiger partial charge in [0, 0.05) is 12.8 Å². The third-order valence-electron chi connectivity index (χ3n) is 11.9. The van der Waals surface area contributed by atoms with Crippen molar-refractivity contribution >= 4 is 11.9 Å². The van der Waals surface area contributed by atoms with Crippen molar-refractivity contribution in [2.75, 3.05) is 6.61 Å². The molecule has 0 aromatic carbocycles. The van der Waals surface area contributed by atoms with Crippen molar-refractivity contribution in [1.82, 2.24) is 0 Å². The minimum atomic E-state index is -0.654. The zero-order valence-electron chi connectivity index (χ0n) is 38.1. The van der Waals surface area contributed by atoms with E-state index in [4.69, 9.17) is 9.84 Å². The monoisotopic (exact) mass is 789 g/mol. The lowest BCUT2D eigenvalue weighted by Gasteiger charge is -2.06. The Balaban J connectivity index is 3.16. The number of carboxylic acids is 1. The van der Waals surface area contributed by atoms with Gasteiger partial charge in [0.25, 0.3) is 0 Å². The van der Waals surface area contributed by atoms with Crippen molar-refractivity contribution < 1.29 is 19.4 Å². The number of rotatable bonds is 49. The number of allylic oxidation sites excluding steroid dienone is 2. The van der Waals surface area contributed by atoms with Gasteiger partial charge in [0.1, 0.15) is 0 Å². The molecule has 0 aromatic rings. The fourth-order valence-corrected chi connectivity index (χ4v) is 8.10. The molecule has 4 nitrogen and oxygen atoms in total. The van der Waals surface area contributed by atoms with Crippen molar-refractivity contribution in [3.8, 4) is 0 Å². The average Bonchev–Trinajstić information content (AvgIpc) is 3.19. The molecule has 0 atom stereocenters. The molecular formula is C52H100O4. The van der Waals surface area contributed by atoms with E-state index in [1.807, 2.05) is 0 Å². The number of unbranched alkanes of at least 4 members (excludes halogenated alkanes) is 41. The number of carbonyl (C=O) groups excluding carboxylic acids is 1. The van der Waals surface area contributed by atoms with E-state index in [-0.39, 0.29) is 5.97 Å². The zero-order chi connectivity index (χ0) is 40.5. The average molecular weight is 789 g/mol. The minimum absolute atomic E-state index is 0.0208. The summed E-state index contributed by atoms with van der Waals surface area (Å²) in [7, 11) is 0. The molecule has 0 saturated heterocycles. The number of hydrogen-bond donors (Lipinski definition) is 1. The van der Waals surface area contributed by atoms with E-state index in [1.165, 1.54) is 257 Å². The molecule has 0 heterocycles. The molecule has 0 radical (unpaired) electrons. The topological polar surface area (TPSA) is 63.6 Å². The molecule has 56 heavy (non-hydrogen) atoms. The maximum Gasteiger partial charge on any atom is 0.305 e. The second-order valence-electron chi connectivity index (χ2n) is 17.7. The van der Waals surface area contributed by atoms with Crippen molar-refractivity contribution in [2.24, 2.45) is 0 Å². The van der Waals surface area contributed by atoms with Crippen molar-refractivity contribution in [1.29, 1.82) is 0 Å². The van der Waals surface area contributed by atoms with Gasteiger partial charge in [0.2, 0.25) is 0 Å². The van der Waals surface area contributed by atoms with Gasteiger partial charge in [-0.2, -0.15) is 0 Å². The Morgan fingerprint density at radius 2 is 0.589 bits per heavy atom. The summed E-state index contributed by atoms with van der Waals surface area (Å²) in [6, 6.07) is 0. The fraction of sp³-hybridized carbons (Fsp3) is 0.923. The summed E-state index contributed by atoms with van der Waals surface area (Å²) in [5.74, 6) is -0.634. The molecule has 332 valence electrons. The first-order chi connectivity index (χ1) is 27.7. The van der Waals surface area contributed by atoms with E-state index >= 15 is 0 Å². The lowest BCUT2D eigenvalue weighted by molar-refractivity contribution is -0.144. The summed E-state index contributed by atoms with van der Waals surface area (Å²) in [6.45, 7) is 2.91. The Hall–Kier alpha value is -1.32. The normalized spacial score (nSPS) is 11.6. The maximum atomic E-state index is 12.1. The predicted molar refractivity (Wildman–Crippen MR) is 246 cm³/mol. The highest BCUT2D eigenvalue weighted by molar-refractivity contribution is 5.69. The minimum Gasteiger partial charge on any atom is -0.481 e. The molecule has 0 aliphatic carbocycles. The van der Waals surface area contributed by atoms with Crippen LogP contribution < -0.4 is 0 Å². The van der Waals surface area contributed by atoms with Crippen LogP contribution in [0.3, 0.4) is 0 Å². The number of esters is 1. The highest BCUT2D eigenvalue weighted by Crippen LogP contribution is 2.17. The third-order valence-corrected chi connectivity index (χ3v) is 11.9. The van der Waals surface area contributed by atoms with Crippen LogP contribution in [-0.4, -0.2) is 23.7 Å². The van der Waals surface area contributed by atoms with Gasteiger partial charge < -0.3 is 9.84 Å². The fourth-order valence-electron chi connectivity index (χ4n) is 8.10. The van der Waals surface area contributed by atoms with Gasteiger partial charge in [-0.25, -0.2) is 0 Å². The Labute approximate surface area is 351 Å². The summed E-state index contributed by atoms with van der Waals surface area (Å²) >= 11 is 0. The highest BCUT2D eigenvalue weighted by atomic mass is 16.5. The standard InChI is InChI=1S/C52H100O4/c1-2-3-4-5-6-7-8-9-10-11-12-18-22-25-28-31-34-37-40-43-46-49-52(55)56-50-47-44-41-38-35-32-29-26-23-20-17-15-13-14-16-19-21-24-27-30-33-36-39-42-45-48-51(53)54/h9-10H,2-8,11-50H2,1H3,(H,53,54). The van der Waals surface area contributed by atoms with Crippen molar-refractivity contribution in [2.45, 2.75) is 302 Å². The van der Waals surface area contributed by atoms with Crippen LogP contribution in [0.25, 0.3) is 0 Å². The van der Waals surface area contributed by atoms with Crippen LogP contribution in [-0.2, 0) is 14.3 Å². The number of ether oxygens (including phenoxy) is 1. The number of hydrogen-bond acceptors (Lipinski definition) is 3. The lowest BCUT2D eigenvalue weighted by atomic mass is 10.0. The molecule has 4 heteroatoms. The Kier molecular flexibility index (Phi) is 48.7. The van der Waals surface area contributed by atoms with Gasteiger partial charge in [-0.05, 0) is 44.9 Å². The van der Waals surface area contributed by atoms with Crippen LogP contribution in [0.2, 0.25) is 0 Å². The van der Waals surface area contributed by atoms with Crippen LogP contribution in [0, 0.1) is 0 Å². The number of carboxylic acid groups (broad SMARTS) is 1. The first-order valence-corrected chi connectivity index (χ1v) is 25.7. The summed E-state index contributed by atoms with van der Waals surface area (Å²) in [5, 5.41) is 8.66. The molecule has 0 amide bonds. The molecule has 0 aromatic heterocycles. The van der Waals surface area contributed by atoms with Gasteiger partial charge >= 0.3 is 11.9 Å². The number of carbonyl (C=O) groups is 2. The smallest absolute Gasteiger partial charge is 0.305 e. The predicted octanol–water partition coefficient (Wildman–Crippen LogP) is 18.1. The Morgan fingerprint density at radius 1 is 0.339 bits per heavy atom. The van der Waals surface area contributed by atoms with E-state index in [0.717, 1.165) is 25.7 Å². The zero-order valence-corrected chi connectivity index (χ0v) is 38.1. The molecule has 0 aliphatic rings. The van der Waals surface area contributed by atoms with Crippen LogP contribution >= 0.6 is 0 Å². The van der Waals surface area contributed by atoms with Crippen LogP contribution in [0.5, 0.6) is 0 Å². The van der Waals surface area contributed by atoms with Gasteiger partial charge in [-0.1, -0.05) is 257 Å². The molecular weight excluding hydrogens is 689 g/mol. The Bertz CT molecular complexity index is 792. The lowest BCUT2D eigenvalue weighted by Crippen LogP contribution is -2.05. The second kappa shape index (κ2) is 49.8. The van der Waals surface area contributed by atoms with Crippen LogP contribution in [0.1, 0.15) is 302 Å². The summed E-state index contributed by atoms with van der Waals surface area (Å²) < 4.78 is 5.49. The largest absolute Gasteiger partial charge is 0.481 e. The summed E-state index contributed by atoms with van der Waals surface area (Å²) in [5.41, 5.74) is 0. The van der Waals surface area contributed by atoms with Crippen LogP contribution in [0.15, 0.2) is 12.2 Å².